The predicted molar refractivity (Wildman–Crippen MR) is 64.3 cm³/mol. The number of unbranched alkanes of at least 4 members (excludes halogenated alkanes) is 5. The van der Waals surface area contributed by atoms with E-state index in [1.807, 2.05) is 13.0 Å². The molecule has 0 aliphatic rings. The van der Waals surface area contributed by atoms with Crippen LogP contribution >= 0.6 is 0 Å². The Hall–Kier alpha value is -0.830. The second-order valence-corrected chi connectivity index (χ2v) is 4.25. The van der Waals surface area contributed by atoms with Gasteiger partial charge in [-0.05, 0) is 13.3 Å². The minimum Gasteiger partial charge on any atom is -0.373 e. The van der Waals surface area contributed by atoms with E-state index in [1.54, 1.807) is 0 Å². The highest BCUT2D eigenvalue weighted by molar-refractivity contribution is 5.01. The molecule has 0 aliphatic carbocycles. The summed E-state index contributed by atoms with van der Waals surface area (Å²) in [4.78, 5) is 0. The maximum absolute atomic E-state index is 5.51. The van der Waals surface area contributed by atoms with Crippen LogP contribution in [0.5, 0.6) is 0 Å². The molecule has 0 amide bonds. The van der Waals surface area contributed by atoms with Crippen molar-refractivity contribution in [3.05, 3.63) is 17.5 Å². The molecule has 0 saturated carbocycles. The highest BCUT2D eigenvalue weighted by atomic mass is 16.5. The Bertz CT molecular complexity index is 271. The monoisotopic (exact) mass is 225 g/mol. The third kappa shape index (κ3) is 5.91. The predicted octanol–water partition coefficient (Wildman–Crippen LogP) is 3.86. The van der Waals surface area contributed by atoms with E-state index in [9.17, 15) is 0 Å². The second kappa shape index (κ2) is 8.34. The summed E-state index contributed by atoms with van der Waals surface area (Å²) in [6, 6.07) is 1.92. The van der Waals surface area contributed by atoms with Crippen LogP contribution in [0.25, 0.3) is 0 Å². The Kier molecular flexibility index (Phi) is 6.90. The highest BCUT2D eigenvalue weighted by Crippen LogP contribution is 2.07. The maximum atomic E-state index is 5.51. The molecule has 0 bridgehead atoms. The fourth-order valence-corrected chi connectivity index (χ4v) is 1.64. The van der Waals surface area contributed by atoms with E-state index in [-0.39, 0.29) is 0 Å². The molecule has 1 aromatic heterocycles. The van der Waals surface area contributed by atoms with Gasteiger partial charge in [0.05, 0.1) is 5.69 Å². The summed E-state index contributed by atoms with van der Waals surface area (Å²) in [6.07, 6.45) is 7.78. The van der Waals surface area contributed by atoms with Crippen molar-refractivity contribution in [2.24, 2.45) is 0 Å². The Morgan fingerprint density at radius 1 is 1.19 bits per heavy atom. The Morgan fingerprint density at radius 2 is 1.94 bits per heavy atom. The van der Waals surface area contributed by atoms with Crippen molar-refractivity contribution >= 4 is 0 Å². The zero-order valence-corrected chi connectivity index (χ0v) is 10.5. The van der Waals surface area contributed by atoms with E-state index >= 15 is 0 Å². The van der Waals surface area contributed by atoms with Gasteiger partial charge < -0.3 is 9.26 Å². The first-order chi connectivity index (χ1) is 7.83. The van der Waals surface area contributed by atoms with Crippen molar-refractivity contribution in [1.82, 2.24) is 5.16 Å². The Morgan fingerprint density at radius 3 is 2.62 bits per heavy atom. The molecule has 16 heavy (non-hydrogen) atoms. The Labute approximate surface area is 98.2 Å². The van der Waals surface area contributed by atoms with Gasteiger partial charge in [0.25, 0.3) is 0 Å². The molecule has 0 atom stereocenters. The zero-order valence-electron chi connectivity index (χ0n) is 10.5. The molecule has 1 heterocycles. The van der Waals surface area contributed by atoms with Crippen LogP contribution in [0.1, 0.15) is 56.9 Å². The van der Waals surface area contributed by atoms with Gasteiger partial charge in [-0.1, -0.05) is 44.2 Å². The van der Waals surface area contributed by atoms with Crippen molar-refractivity contribution in [2.75, 3.05) is 6.61 Å². The molecule has 3 heteroatoms. The molecule has 92 valence electrons. The van der Waals surface area contributed by atoms with Gasteiger partial charge in [0, 0.05) is 12.7 Å². The van der Waals surface area contributed by atoms with Gasteiger partial charge in [0.15, 0.2) is 5.76 Å². The van der Waals surface area contributed by atoms with Crippen molar-refractivity contribution in [3.63, 3.8) is 0 Å². The van der Waals surface area contributed by atoms with Gasteiger partial charge >= 0.3 is 0 Å². The molecule has 1 aromatic rings. The van der Waals surface area contributed by atoms with Crippen molar-refractivity contribution in [2.45, 2.75) is 59.0 Å². The molecule has 0 saturated heterocycles. The lowest BCUT2D eigenvalue weighted by molar-refractivity contribution is 0.0975. The minimum absolute atomic E-state index is 0.551. The van der Waals surface area contributed by atoms with Gasteiger partial charge in [0.2, 0.25) is 0 Å². The van der Waals surface area contributed by atoms with Gasteiger partial charge in [-0.25, -0.2) is 0 Å². The Balaban J connectivity index is 1.88. The molecule has 1 rings (SSSR count). The van der Waals surface area contributed by atoms with Crippen LogP contribution in [0.15, 0.2) is 10.6 Å². The first kappa shape index (κ1) is 13.2. The van der Waals surface area contributed by atoms with E-state index in [1.165, 1.54) is 32.1 Å². The quantitative estimate of drug-likeness (QED) is 0.599. The summed E-state index contributed by atoms with van der Waals surface area (Å²) < 4.78 is 10.6. The van der Waals surface area contributed by atoms with Crippen LogP contribution in [-0.4, -0.2) is 11.8 Å². The topological polar surface area (TPSA) is 35.3 Å². The highest BCUT2D eigenvalue weighted by Gasteiger charge is 1.99. The second-order valence-electron chi connectivity index (χ2n) is 4.25. The minimum atomic E-state index is 0.551. The molecule has 0 unspecified atom stereocenters. The lowest BCUT2D eigenvalue weighted by Crippen LogP contribution is -1.94. The molecule has 0 fully saturated rings. The van der Waals surface area contributed by atoms with Crippen LogP contribution in [-0.2, 0) is 11.3 Å². The van der Waals surface area contributed by atoms with Crippen LogP contribution in [0.2, 0.25) is 0 Å². The number of aryl methyl sites for hydroxylation is 1. The largest absolute Gasteiger partial charge is 0.373 e. The first-order valence-corrected chi connectivity index (χ1v) is 6.33. The van der Waals surface area contributed by atoms with Crippen molar-refractivity contribution < 1.29 is 9.26 Å². The number of aromatic nitrogens is 1. The number of hydrogen-bond acceptors (Lipinski definition) is 3. The van der Waals surface area contributed by atoms with E-state index in [4.69, 9.17) is 9.26 Å². The van der Waals surface area contributed by atoms with Crippen LogP contribution in [0, 0.1) is 6.92 Å². The number of ether oxygens (including phenoxy) is 1. The van der Waals surface area contributed by atoms with Gasteiger partial charge in [0.1, 0.15) is 6.61 Å². The van der Waals surface area contributed by atoms with E-state index in [2.05, 4.69) is 12.1 Å². The van der Waals surface area contributed by atoms with Gasteiger partial charge in [-0.2, -0.15) is 0 Å². The fourth-order valence-electron chi connectivity index (χ4n) is 1.64. The normalized spacial score (nSPS) is 10.9. The lowest BCUT2D eigenvalue weighted by atomic mass is 10.1. The molecule has 0 aromatic carbocycles. The van der Waals surface area contributed by atoms with E-state index in [0.717, 1.165) is 24.5 Å². The third-order valence-corrected chi connectivity index (χ3v) is 2.56. The smallest absolute Gasteiger partial charge is 0.162 e. The third-order valence-electron chi connectivity index (χ3n) is 2.56. The van der Waals surface area contributed by atoms with E-state index in [0.29, 0.717) is 6.61 Å². The molecular formula is C13H23NO2. The number of hydrogen-bond donors (Lipinski definition) is 0. The van der Waals surface area contributed by atoms with Crippen LogP contribution in [0.3, 0.4) is 0 Å². The van der Waals surface area contributed by atoms with Gasteiger partial charge in [-0.3, -0.25) is 0 Å². The average Bonchev–Trinajstić information content (AvgIpc) is 2.68. The summed E-state index contributed by atoms with van der Waals surface area (Å²) in [7, 11) is 0. The maximum Gasteiger partial charge on any atom is 0.162 e. The standard InChI is InChI=1S/C13H23NO2/c1-3-4-5-6-7-8-9-15-11-13-10-12(2)14-16-13/h10H,3-9,11H2,1-2H3. The molecule has 0 aliphatic heterocycles. The summed E-state index contributed by atoms with van der Waals surface area (Å²) in [5.74, 6) is 0.823. The van der Waals surface area contributed by atoms with Crippen molar-refractivity contribution in [3.8, 4) is 0 Å². The summed E-state index contributed by atoms with van der Waals surface area (Å²) >= 11 is 0. The molecule has 0 radical (unpaired) electrons. The van der Waals surface area contributed by atoms with Crippen LogP contribution in [0.4, 0.5) is 0 Å². The summed E-state index contributed by atoms with van der Waals surface area (Å²) in [5.41, 5.74) is 0.915. The molecule has 3 nitrogen and oxygen atoms in total. The SMILES string of the molecule is CCCCCCCCOCc1cc(C)no1. The first-order valence-electron chi connectivity index (χ1n) is 6.33. The van der Waals surface area contributed by atoms with Crippen molar-refractivity contribution in [1.29, 1.82) is 0 Å². The average molecular weight is 225 g/mol. The molecule has 0 N–H and O–H groups in total. The summed E-state index contributed by atoms with van der Waals surface area (Å²) in [5, 5.41) is 3.81. The number of rotatable bonds is 9. The van der Waals surface area contributed by atoms with E-state index < -0.39 is 0 Å². The lowest BCUT2D eigenvalue weighted by Gasteiger charge is -2.01. The zero-order chi connectivity index (χ0) is 11.6. The molecule has 0 spiro atoms. The van der Waals surface area contributed by atoms with Crippen LogP contribution < -0.4 is 0 Å². The van der Waals surface area contributed by atoms with Gasteiger partial charge in [-0.15, -0.1) is 0 Å². The summed E-state index contributed by atoms with van der Waals surface area (Å²) in [6.45, 7) is 5.53. The molecular weight excluding hydrogens is 202 g/mol. The number of nitrogens with zero attached hydrogens (tertiary/aromatic N) is 1. The fraction of sp³-hybridized carbons (Fsp3) is 0.769.